The molecule has 2 aromatic rings. The number of esters is 1. The minimum Gasteiger partial charge on any atom is -0.452 e. The molecule has 0 bridgehead atoms. The van der Waals surface area contributed by atoms with Gasteiger partial charge in [-0.1, -0.05) is 18.2 Å². The minimum absolute atomic E-state index is 0.00749. The van der Waals surface area contributed by atoms with Gasteiger partial charge in [-0.3, -0.25) is 14.4 Å². The Bertz CT molecular complexity index is 886. The zero-order valence-electron chi connectivity index (χ0n) is 16.9. The van der Waals surface area contributed by atoms with E-state index in [9.17, 15) is 14.4 Å². The molecule has 0 aliphatic carbocycles. The van der Waals surface area contributed by atoms with Gasteiger partial charge in [0.2, 0.25) is 0 Å². The number of likely N-dealkylation sites (tertiary alicyclic amines) is 1. The SMILES string of the molecule is Cc1ccc(C)c(NC(=O)[C@H](C)OC(=O)C2CCN(C(=O)c3cccs3)CC2)c1. The van der Waals surface area contributed by atoms with Crippen LogP contribution in [-0.2, 0) is 14.3 Å². The average Bonchev–Trinajstić information content (AvgIpc) is 3.25. The Labute approximate surface area is 174 Å². The maximum atomic E-state index is 12.5. The van der Waals surface area contributed by atoms with Crippen LogP contribution in [0, 0.1) is 19.8 Å². The lowest BCUT2D eigenvalue weighted by Gasteiger charge is -2.31. The summed E-state index contributed by atoms with van der Waals surface area (Å²) in [6.07, 6.45) is 0.205. The quantitative estimate of drug-likeness (QED) is 0.756. The second-order valence-corrected chi connectivity index (χ2v) is 8.38. The van der Waals surface area contributed by atoms with Gasteiger partial charge >= 0.3 is 5.97 Å². The minimum atomic E-state index is -0.881. The Morgan fingerprint density at radius 1 is 1.17 bits per heavy atom. The standard InChI is InChI=1S/C22H26N2O4S/c1-14-6-7-15(2)18(13-14)23-20(25)16(3)28-22(27)17-8-10-24(11-9-17)21(26)19-5-4-12-29-19/h4-7,12-13,16-17H,8-11H2,1-3H3,(H,23,25)/t16-/m0/s1. The number of nitrogens with zero attached hydrogens (tertiary/aromatic N) is 1. The molecule has 154 valence electrons. The van der Waals surface area contributed by atoms with Crippen molar-refractivity contribution in [2.75, 3.05) is 18.4 Å². The third kappa shape index (κ3) is 5.23. The molecule has 7 heteroatoms. The van der Waals surface area contributed by atoms with Crippen LogP contribution in [0.4, 0.5) is 5.69 Å². The number of piperidine rings is 1. The molecular formula is C22H26N2O4S. The van der Waals surface area contributed by atoms with Crippen molar-refractivity contribution in [1.29, 1.82) is 0 Å². The molecule has 1 fully saturated rings. The fraction of sp³-hybridized carbons (Fsp3) is 0.409. The molecule has 1 aromatic heterocycles. The Hall–Kier alpha value is -2.67. The van der Waals surface area contributed by atoms with Crippen LogP contribution in [0.3, 0.4) is 0 Å². The van der Waals surface area contributed by atoms with Gasteiger partial charge in [0.05, 0.1) is 10.8 Å². The molecule has 2 heterocycles. The molecule has 1 atom stereocenters. The first-order chi connectivity index (χ1) is 13.8. The van der Waals surface area contributed by atoms with Crippen molar-refractivity contribution in [3.63, 3.8) is 0 Å². The van der Waals surface area contributed by atoms with Crippen LogP contribution in [0.2, 0.25) is 0 Å². The lowest BCUT2D eigenvalue weighted by molar-refractivity contribution is -0.158. The van der Waals surface area contributed by atoms with Crippen molar-refractivity contribution in [2.45, 2.75) is 39.7 Å². The van der Waals surface area contributed by atoms with Crippen LogP contribution >= 0.6 is 11.3 Å². The number of benzene rings is 1. The normalized spacial score (nSPS) is 15.6. The van der Waals surface area contributed by atoms with Gasteiger partial charge in [-0.05, 0) is 62.3 Å². The molecule has 2 amide bonds. The highest BCUT2D eigenvalue weighted by Gasteiger charge is 2.31. The summed E-state index contributed by atoms with van der Waals surface area (Å²) in [4.78, 5) is 39.8. The lowest BCUT2D eigenvalue weighted by Crippen LogP contribution is -2.41. The average molecular weight is 415 g/mol. The highest BCUT2D eigenvalue weighted by Crippen LogP contribution is 2.23. The number of ether oxygens (including phenoxy) is 1. The van der Waals surface area contributed by atoms with E-state index in [2.05, 4.69) is 5.32 Å². The van der Waals surface area contributed by atoms with Gasteiger partial charge in [0, 0.05) is 18.8 Å². The van der Waals surface area contributed by atoms with E-state index in [4.69, 9.17) is 4.74 Å². The molecule has 1 aliphatic rings. The molecular weight excluding hydrogens is 388 g/mol. The number of hydrogen-bond donors (Lipinski definition) is 1. The van der Waals surface area contributed by atoms with Gasteiger partial charge < -0.3 is 15.0 Å². The monoisotopic (exact) mass is 414 g/mol. The summed E-state index contributed by atoms with van der Waals surface area (Å²) in [5, 5.41) is 4.71. The van der Waals surface area contributed by atoms with Crippen LogP contribution in [0.5, 0.6) is 0 Å². The summed E-state index contributed by atoms with van der Waals surface area (Å²) in [6.45, 7) is 6.47. The highest BCUT2D eigenvalue weighted by atomic mass is 32.1. The first kappa shape index (κ1) is 21.0. The van der Waals surface area contributed by atoms with E-state index in [-0.39, 0.29) is 23.7 Å². The first-order valence-electron chi connectivity index (χ1n) is 9.76. The van der Waals surface area contributed by atoms with Crippen LogP contribution in [0.25, 0.3) is 0 Å². The number of anilines is 1. The van der Waals surface area contributed by atoms with Gasteiger partial charge in [0.25, 0.3) is 11.8 Å². The van der Waals surface area contributed by atoms with Crippen LogP contribution < -0.4 is 5.32 Å². The maximum absolute atomic E-state index is 12.5. The van der Waals surface area contributed by atoms with Crippen molar-refractivity contribution in [3.8, 4) is 0 Å². The number of hydrogen-bond acceptors (Lipinski definition) is 5. The van der Waals surface area contributed by atoms with Gasteiger partial charge in [-0.2, -0.15) is 0 Å². The van der Waals surface area contributed by atoms with E-state index < -0.39 is 6.10 Å². The van der Waals surface area contributed by atoms with Crippen LogP contribution in [0.1, 0.15) is 40.6 Å². The largest absolute Gasteiger partial charge is 0.452 e. The van der Waals surface area contributed by atoms with Crippen molar-refractivity contribution in [1.82, 2.24) is 4.90 Å². The fourth-order valence-corrected chi connectivity index (χ4v) is 3.99. The van der Waals surface area contributed by atoms with E-state index >= 15 is 0 Å². The van der Waals surface area contributed by atoms with Crippen LogP contribution in [-0.4, -0.2) is 41.9 Å². The van der Waals surface area contributed by atoms with Crippen molar-refractivity contribution >= 4 is 34.8 Å². The van der Waals surface area contributed by atoms with Crippen LogP contribution in [0.15, 0.2) is 35.7 Å². The molecule has 1 aromatic carbocycles. The third-order valence-electron chi connectivity index (χ3n) is 5.16. The van der Waals surface area contributed by atoms with E-state index in [1.807, 2.05) is 49.6 Å². The summed E-state index contributed by atoms with van der Waals surface area (Å²) >= 11 is 1.42. The molecule has 0 unspecified atom stereocenters. The van der Waals surface area contributed by atoms with E-state index in [0.29, 0.717) is 30.8 Å². The number of rotatable bonds is 5. The van der Waals surface area contributed by atoms with E-state index in [1.165, 1.54) is 11.3 Å². The zero-order chi connectivity index (χ0) is 21.0. The molecule has 1 aliphatic heterocycles. The molecule has 1 saturated heterocycles. The molecule has 3 rings (SSSR count). The fourth-order valence-electron chi connectivity index (χ4n) is 3.30. The summed E-state index contributed by atoms with van der Waals surface area (Å²) in [5.74, 6) is -1.01. The number of carbonyl (C=O) groups excluding carboxylic acids is 3. The highest BCUT2D eigenvalue weighted by molar-refractivity contribution is 7.12. The summed E-state index contributed by atoms with van der Waals surface area (Å²) in [5.41, 5.74) is 2.71. The van der Waals surface area contributed by atoms with Crippen molar-refractivity contribution in [3.05, 3.63) is 51.7 Å². The molecule has 0 saturated carbocycles. The van der Waals surface area contributed by atoms with Crippen molar-refractivity contribution < 1.29 is 19.1 Å². The predicted molar refractivity (Wildman–Crippen MR) is 113 cm³/mol. The number of amides is 2. The van der Waals surface area contributed by atoms with E-state index in [1.54, 1.807) is 11.8 Å². The van der Waals surface area contributed by atoms with Gasteiger partial charge in [-0.25, -0.2) is 0 Å². The number of aryl methyl sites for hydroxylation is 2. The second kappa shape index (κ2) is 9.22. The molecule has 6 nitrogen and oxygen atoms in total. The smallest absolute Gasteiger partial charge is 0.309 e. The van der Waals surface area contributed by atoms with Gasteiger partial charge in [-0.15, -0.1) is 11.3 Å². The predicted octanol–water partition coefficient (Wildman–Crippen LogP) is 3.79. The summed E-state index contributed by atoms with van der Waals surface area (Å²) in [6, 6.07) is 9.47. The number of nitrogens with one attached hydrogen (secondary N) is 1. The first-order valence-corrected chi connectivity index (χ1v) is 10.6. The third-order valence-corrected chi connectivity index (χ3v) is 6.02. The zero-order valence-corrected chi connectivity index (χ0v) is 17.8. The van der Waals surface area contributed by atoms with Gasteiger partial charge in [0.15, 0.2) is 6.10 Å². The Balaban J connectivity index is 1.49. The second-order valence-electron chi connectivity index (χ2n) is 7.43. The topological polar surface area (TPSA) is 75.7 Å². The number of thiophene rings is 1. The molecule has 1 N–H and O–H groups in total. The summed E-state index contributed by atoms with van der Waals surface area (Å²) in [7, 11) is 0. The Morgan fingerprint density at radius 3 is 2.55 bits per heavy atom. The van der Waals surface area contributed by atoms with Gasteiger partial charge in [0.1, 0.15) is 0 Å². The van der Waals surface area contributed by atoms with Crippen molar-refractivity contribution in [2.24, 2.45) is 5.92 Å². The molecule has 0 spiro atoms. The van der Waals surface area contributed by atoms with E-state index in [0.717, 1.165) is 16.8 Å². The lowest BCUT2D eigenvalue weighted by atomic mass is 9.97. The number of carbonyl (C=O) groups is 3. The molecule has 29 heavy (non-hydrogen) atoms. The Kier molecular flexibility index (Phi) is 6.69. The summed E-state index contributed by atoms with van der Waals surface area (Å²) < 4.78 is 5.41. The maximum Gasteiger partial charge on any atom is 0.309 e. The Morgan fingerprint density at radius 2 is 1.90 bits per heavy atom. The molecule has 0 radical (unpaired) electrons.